The van der Waals surface area contributed by atoms with E-state index in [-0.39, 0.29) is 5.91 Å². The summed E-state index contributed by atoms with van der Waals surface area (Å²) < 4.78 is 0. The van der Waals surface area contributed by atoms with E-state index in [0.29, 0.717) is 12.5 Å². The number of hydrogen-bond acceptors (Lipinski definition) is 3. The second kappa shape index (κ2) is 6.01. The van der Waals surface area contributed by atoms with Gasteiger partial charge in [-0.25, -0.2) is 0 Å². The first kappa shape index (κ1) is 11.6. The summed E-state index contributed by atoms with van der Waals surface area (Å²) in [4.78, 5) is 11.8. The zero-order valence-corrected chi connectivity index (χ0v) is 10.2. The molecule has 0 saturated carbocycles. The molecule has 1 saturated heterocycles. The van der Waals surface area contributed by atoms with Crippen molar-refractivity contribution in [2.45, 2.75) is 31.7 Å². The molecule has 0 bridgehead atoms. The average Bonchev–Trinajstić information content (AvgIpc) is 2.62. The van der Waals surface area contributed by atoms with Crippen molar-refractivity contribution in [2.24, 2.45) is 0 Å². The van der Waals surface area contributed by atoms with Crippen LogP contribution in [0.15, 0.2) is 16.8 Å². The van der Waals surface area contributed by atoms with E-state index in [1.807, 2.05) is 16.8 Å². The number of carbonyl (C=O) groups excluding carboxylic acids is 1. The molecule has 1 unspecified atom stereocenters. The molecule has 1 aliphatic rings. The Morgan fingerprint density at radius 1 is 1.56 bits per heavy atom. The number of carbonyl (C=O) groups is 1. The summed E-state index contributed by atoms with van der Waals surface area (Å²) >= 11 is 1.64. The maximum atomic E-state index is 11.8. The number of nitrogens with one attached hydrogen (secondary N) is 2. The van der Waals surface area contributed by atoms with Gasteiger partial charge in [0.05, 0.1) is 6.42 Å². The topological polar surface area (TPSA) is 41.1 Å². The first-order valence-corrected chi connectivity index (χ1v) is 6.80. The maximum Gasteiger partial charge on any atom is 0.224 e. The molecule has 16 heavy (non-hydrogen) atoms. The van der Waals surface area contributed by atoms with Crippen LogP contribution >= 0.6 is 11.3 Å². The van der Waals surface area contributed by atoms with Crippen LogP contribution in [-0.4, -0.2) is 25.0 Å². The van der Waals surface area contributed by atoms with Crippen LogP contribution in [0.4, 0.5) is 0 Å². The van der Waals surface area contributed by atoms with Gasteiger partial charge in [-0.05, 0) is 41.8 Å². The van der Waals surface area contributed by atoms with Crippen molar-refractivity contribution in [1.82, 2.24) is 10.6 Å². The number of thiophene rings is 1. The molecule has 4 heteroatoms. The minimum atomic E-state index is 0.145. The second-order valence-electron chi connectivity index (χ2n) is 4.27. The zero-order valence-electron chi connectivity index (χ0n) is 9.37. The van der Waals surface area contributed by atoms with Crippen LogP contribution < -0.4 is 10.6 Å². The number of rotatable bonds is 3. The van der Waals surface area contributed by atoms with E-state index >= 15 is 0 Å². The van der Waals surface area contributed by atoms with Crippen molar-refractivity contribution < 1.29 is 4.79 Å². The second-order valence-corrected chi connectivity index (χ2v) is 5.05. The molecule has 1 atom stereocenters. The molecule has 1 amide bonds. The molecule has 0 aliphatic carbocycles. The smallest absolute Gasteiger partial charge is 0.224 e. The Bertz CT molecular complexity index is 316. The average molecular weight is 238 g/mol. The Labute approximate surface area is 100 Å². The zero-order chi connectivity index (χ0) is 11.2. The molecule has 88 valence electrons. The molecule has 1 aromatic rings. The number of hydrogen-bond donors (Lipinski definition) is 2. The van der Waals surface area contributed by atoms with E-state index in [9.17, 15) is 4.79 Å². The van der Waals surface area contributed by atoms with Crippen molar-refractivity contribution >= 4 is 17.2 Å². The van der Waals surface area contributed by atoms with Crippen LogP contribution in [0.1, 0.15) is 24.8 Å². The van der Waals surface area contributed by atoms with Gasteiger partial charge in [0.2, 0.25) is 5.91 Å². The van der Waals surface area contributed by atoms with Crippen molar-refractivity contribution in [3.8, 4) is 0 Å². The Morgan fingerprint density at radius 3 is 3.31 bits per heavy atom. The molecular formula is C12H18N2OS. The minimum absolute atomic E-state index is 0.145. The summed E-state index contributed by atoms with van der Waals surface area (Å²) in [6.07, 6.45) is 4.04. The molecule has 2 rings (SSSR count). The quantitative estimate of drug-likeness (QED) is 0.839. The molecule has 0 radical (unpaired) electrons. The largest absolute Gasteiger partial charge is 0.352 e. The first-order valence-electron chi connectivity index (χ1n) is 5.86. The highest BCUT2D eigenvalue weighted by Gasteiger charge is 2.14. The molecule has 1 aliphatic heterocycles. The van der Waals surface area contributed by atoms with Crippen molar-refractivity contribution in [2.75, 3.05) is 13.1 Å². The molecule has 0 aromatic carbocycles. The lowest BCUT2D eigenvalue weighted by Gasteiger charge is -2.16. The fourth-order valence-corrected chi connectivity index (χ4v) is 2.67. The summed E-state index contributed by atoms with van der Waals surface area (Å²) in [7, 11) is 0. The molecule has 3 nitrogen and oxygen atoms in total. The summed E-state index contributed by atoms with van der Waals surface area (Å²) in [5.74, 6) is 0.145. The summed E-state index contributed by atoms with van der Waals surface area (Å²) in [5.41, 5.74) is 1.11. The van der Waals surface area contributed by atoms with Gasteiger partial charge >= 0.3 is 0 Å². The van der Waals surface area contributed by atoms with Gasteiger partial charge < -0.3 is 10.6 Å². The third-order valence-corrected chi connectivity index (χ3v) is 3.59. The van der Waals surface area contributed by atoms with Crippen LogP contribution in [0.2, 0.25) is 0 Å². The fourth-order valence-electron chi connectivity index (χ4n) is 2.00. The van der Waals surface area contributed by atoms with Crippen molar-refractivity contribution in [1.29, 1.82) is 0 Å². The van der Waals surface area contributed by atoms with Crippen molar-refractivity contribution in [3.05, 3.63) is 22.4 Å². The normalized spacial score (nSPS) is 21.4. The van der Waals surface area contributed by atoms with Gasteiger partial charge in [0.1, 0.15) is 0 Å². The molecule has 2 heterocycles. The Hall–Kier alpha value is -0.870. The van der Waals surface area contributed by atoms with E-state index in [1.165, 1.54) is 12.8 Å². The predicted octanol–water partition coefficient (Wildman–Crippen LogP) is 1.55. The Kier molecular flexibility index (Phi) is 4.36. The fraction of sp³-hybridized carbons (Fsp3) is 0.583. The summed E-state index contributed by atoms with van der Waals surface area (Å²) in [6, 6.07) is 2.32. The molecule has 1 aromatic heterocycles. The lowest BCUT2D eigenvalue weighted by Crippen LogP contribution is -2.41. The lowest BCUT2D eigenvalue weighted by molar-refractivity contribution is -0.121. The van der Waals surface area contributed by atoms with E-state index in [1.54, 1.807) is 11.3 Å². The third kappa shape index (κ3) is 3.61. The van der Waals surface area contributed by atoms with Gasteiger partial charge in [0.15, 0.2) is 0 Å². The molecule has 1 fully saturated rings. The summed E-state index contributed by atoms with van der Waals surface area (Å²) in [6.45, 7) is 1.99. The first-order chi connectivity index (χ1) is 7.84. The van der Waals surface area contributed by atoms with Gasteiger partial charge in [-0.1, -0.05) is 6.42 Å². The molecular weight excluding hydrogens is 220 g/mol. The molecule has 2 N–H and O–H groups in total. The van der Waals surface area contributed by atoms with Gasteiger partial charge in [-0.2, -0.15) is 11.3 Å². The lowest BCUT2D eigenvalue weighted by atomic mass is 10.1. The van der Waals surface area contributed by atoms with Crippen LogP contribution in [0.5, 0.6) is 0 Å². The highest BCUT2D eigenvalue weighted by Crippen LogP contribution is 2.08. The van der Waals surface area contributed by atoms with E-state index in [4.69, 9.17) is 0 Å². The Balaban J connectivity index is 1.77. The maximum absolute atomic E-state index is 11.8. The van der Waals surface area contributed by atoms with E-state index in [2.05, 4.69) is 10.6 Å². The standard InChI is InChI=1S/C12H18N2OS/c15-12(7-10-4-6-16-9-10)14-11-3-1-2-5-13-8-11/h4,6,9,11,13H,1-3,5,7-8H2,(H,14,15). The van der Waals surface area contributed by atoms with Gasteiger partial charge in [-0.3, -0.25) is 4.79 Å². The van der Waals surface area contributed by atoms with Crippen LogP contribution in [0, 0.1) is 0 Å². The van der Waals surface area contributed by atoms with Crippen molar-refractivity contribution in [3.63, 3.8) is 0 Å². The van der Waals surface area contributed by atoms with Gasteiger partial charge in [0, 0.05) is 12.6 Å². The van der Waals surface area contributed by atoms with Gasteiger partial charge in [-0.15, -0.1) is 0 Å². The molecule has 0 spiro atoms. The highest BCUT2D eigenvalue weighted by molar-refractivity contribution is 7.07. The Morgan fingerprint density at radius 2 is 2.50 bits per heavy atom. The SMILES string of the molecule is O=C(Cc1ccsc1)NC1CCCCNC1. The van der Waals surface area contributed by atoms with E-state index < -0.39 is 0 Å². The van der Waals surface area contributed by atoms with Crippen LogP contribution in [-0.2, 0) is 11.2 Å². The third-order valence-electron chi connectivity index (χ3n) is 2.86. The minimum Gasteiger partial charge on any atom is -0.352 e. The predicted molar refractivity (Wildman–Crippen MR) is 66.7 cm³/mol. The van der Waals surface area contributed by atoms with Crippen LogP contribution in [0.25, 0.3) is 0 Å². The van der Waals surface area contributed by atoms with Crippen LogP contribution in [0.3, 0.4) is 0 Å². The monoisotopic (exact) mass is 238 g/mol. The highest BCUT2D eigenvalue weighted by atomic mass is 32.1. The number of amides is 1. The summed E-state index contributed by atoms with van der Waals surface area (Å²) in [5, 5.41) is 10.5. The van der Waals surface area contributed by atoms with E-state index in [0.717, 1.165) is 25.1 Å². The van der Waals surface area contributed by atoms with Gasteiger partial charge in [0.25, 0.3) is 0 Å².